The van der Waals surface area contributed by atoms with Gasteiger partial charge in [0.05, 0.1) is 28.0 Å². The summed E-state index contributed by atoms with van der Waals surface area (Å²) in [5.41, 5.74) is 0.339. The molecule has 1 N–H and O–H groups in total. The Kier molecular flexibility index (Phi) is 4.86. The van der Waals surface area contributed by atoms with Crippen molar-refractivity contribution in [1.29, 1.82) is 0 Å². The highest BCUT2D eigenvalue weighted by Gasteiger charge is 2.33. The molecule has 142 valence electrons. The number of fused-ring (bicyclic) bond motifs is 1. The summed E-state index contributed by atoms with van der Waals surface area (Å²) in [7, 11) is 0. The molecular formula is C18H16ClF3N4O. The van der Waals surface area contributed by atoms with Gasteiger partial charge in [-0.15, -0.1) is 0 Å². The quantitative estimate of drug-likeness (QED) is 0.658. The number of nitrogens with zero attached hydrogens (tertiary/aromatic N) is 3. The summed E-state index contributed by atoms with van der Waals surface area (Å²) in [5, 5.41) is 6.96. The van der Waals surface area contributed by atoms with Crippen LogP contribution >= 0.6 is 11.6 Å². The maximum Gasteiger partial charge on any atom is 0.417 e. The smallest absolute Gasteiger partial charge is 0.322 e. The van der Waals surface area contributed by atoms with Gasteiger partial charge in [0.2, 0.25) is 0 Å². The summed E-state index contributed by atoms with van der Waals surface area (Å²) in [6.45, 7) is 5.58. The van der Waals surface area contributed by atoms with E-state index in [1.165, 1.54) is 6.07 Å². The summed E-state index contributed by atoms with van der Waals surface area (Å²) < 4.78 is 40.7. The predicted molar refractivity (Wildman–Crippen MR) is 97.1 cm³/mol. The van der Waals surface area contributed by atoms with E-state index in [0.29, 0.717) is 16.7 Å². The minimum Gasteiger partial charge on any atom is -0.322 e. The van der Waals surface area contributed by atoms with Crippen molar-refractivity contribution in [3.05, 3.63) is 52.3 Å². The molecule has 2 aromatic heterocycles. The maximum atomic E-state index is 13.0. The molecule has 0 fully saturated rings. The fourth-order valence-corrected chi connectivity index (χ4v) is 2.92. The number of carbonyl (C=O) groups excluding carboxylic acids is 1. The van der Waals surface area contributed by atoms with Crippen LogP contribution in [0.25, 0.3) is 11.0 Å². The number of aromatic nitrogens is 3. The van der Waals surface area contributed by atoms with Crippen LogP contribution in [-0.4, -0.2) is 20.7 Å². The number of benzene rings is 1. The lowest BCUT2D eigenvalue weighted by atomic mass is 10.1. The minimum atomic E-state index is -4.61. The standard InChI is InChI=1S/C18H16ClF3N4O/c1-9(2)26-16-11(8-23-26)6-13(10(3)24-16)17(27)25-12-4-5-15(19)14(7-12)18(20,21)22/h4-9H,1-3H3,(H,25,27). The monoisotopic (exact) mass is 396 g/mol. The van der Waals surface area contributed by atoms with Crippen molar-refractivity contribution >= 4 is 34.2 Å². The molecule has 0 saturated carbocycles. The Hall–Kier alpha value is -2.61. The molecule has 0 bridgehead atoms. The Morgan fingerprint density at radius 3 is 2.59 bits per heavy atom. The highest BCUT2D eigenvalue weighted by atomic mass is 35.5. The second kappa shape index (κ2) is 6.84. The van der Waals surface area contributed by atoms with Crippen LogP contribution in [0.3, 0.4) is 0 Å². The van der Waals surface area contributed by atoms with Crippen LogP contribution in [0.2, 0.25) is 5.02 Å². The van der Waals surface area contributed by atoms with Crippen LogP contribution < -0.4 is 5.32 Å². The van der Waals surface area contributed by atoms with E-state index in [9.17, 15) is 18.0 Å². The molecule has 0 spiro atoms. The van der Waals surface area contributed by atoms with E-state index in [0.717, 1.165) is 12.1 Å². The molecule has 0 aliphatic carbocycles. The first kappa shape index (κ1) is 19.2. The first-order valence-electron chi connectivity index (χ1n) is 8.11. The van der Waals surface area contributed by atoms with Crippen molar-refractivity contribution < 1.29 is 18.0 Å². The molecule has 27 heavy (non-hydrogen) atoms. The number of aryl methyl sites for hydroxylation is 1. The van der Waals surface area contributed by atoms with Crippen LogP contribution in [-0.2, 0) is 6.18 Å². The van der Waals surface area contributed by atoms with E-state index < -0.39 is 22.7 Å². The second-order valence-corrected chi connectivity index (χ2v) is 6.77. The van der Waals surface area contributed by atoms with Gasteiger partial charge in [0, 0.05) is 17.1 Å². The molecule has 1 aromatic carbocycles. The zero-order chi connectivity index (χ0) is 19.9. The van der Waals surface area contributed by atoms with Gasteiger partial charge in [0.15, 0.2) is 5.65 Å². The molecule has 0 aliphatic heterocycles. The first-order valence-corrected chi connectivity index (χ1v) is 8.48. The van der Waals surface area contributed by atoms with E-state index in [4.69, 9.17) is 11.6 Å². The number of carbonyl (C=O) groups is 1. The molecule has 2 heterocycles. The summed E-state index contributed by atoms with van der Waals surface area (Å²) in [4.78, 5) is 17.0. The van der Waals surface area contributed by atoms with Crippen molar-refractivity contribution in [2.24, 2.45) is 0 Å². The third-order valence-electron chi connectivity index (χ3n) is 4.02. The molecule has 3 rings (SSSR count). The van der Waals surface area contributed by atoms with Crippen molar-refractivity contribution in [2.45, 2.75) is 33.0 Å². The zero-order valence-electron chi connectivity index (χ0n) is 14.7. The first-order chi connectivity index (χ1) is 12.6. The number of amides is 1. The normalized spacial score (nSPS) is 12.0. The number of rotatable bonds is 3. The van der Waals surface area contributed by atoms with Gasteiger partial charge in [-0.05, 0) is 45.0 Å². The van der Waals surface area contributed by atoms with Crippen LogP contribution in [0.15, 0.2) is 30.5 Å². The molecule has 1 amide bonds. The van der Waals surface area contributed by atoms with Gasteiger partial charge in [-0.3, -0.25) is 4.79 Å². The third kappa shape index (κ3) is 3.75. The Balaban J connectivity index is 1.94. The molecule has 0 aliphatic rings. The number of alkyl halides is 3. The Morgan fingerprint density at radius 2 is 1.96 bits per heavy atom. The number of pyridine rings is 1. The average Bonchev–Trinajstić information content (AvgIpc) is 2.97. The highest BCUT2D eigenvalue weighted by Crippen LogP contribution is 2.36. The van der Waals surface area contributed by atoms with Gasteiger partial charge < -0.3 is 5.32 Å². The van der Waals surface area contributed by atoms with Crippen molar-refractivity contribution in [3.63, 3.8) is 0 Å². The van der Waals surface area contributed by atoms with Gasteiger partial charge in [-0.25, -0.2) is 9.67 Å². The second-order valence-electron chi connectivity index (χ2n) is 6.36. The maximum absolute atomic E-state index is 13.0. The summed E-state index contributed by atoms with van der Waals surface area (Å²) >= 11 is 5.60. The Bertz CT molecular complexity index is 1030. The number of hydrogen-bond donors (Lipinski definition) is 1. The van der Waals surface area contributed by atoms with Crippen molar-refractivity contribution in [2.75, 3.05) is 5.32 Å². The Morgan fingerprint density at radius 1 is 1.26 bits per heavy atom. The van der Waals surface area contributed by atoms with Crippen LogP contribution in [0.1, 0.15) is 41.5 Å². The fraction of sp³-hybridized carbons (Fsp3) is 0.278. The number of halogens is 4. The lowest BCUT2D eigenvalue weighted by Crippen LogP contribution is -2.15. The number of anilines is 1. The van der Waals surface area contributed by atoms with Gasteiger partial charge >= 0.3 is 6.18 Å². The lowest BCUT2D eigenvalue weighted by Gasteiger charge is -2.13. The van der Waals surface area contributed by atoms with Crippen molar-refractivity contribution in [3.8, 4) is 0 Å². The van der Waals surface area contributed by atoms with E-state index >= 15 is 0 Å². The molecule has 9 heteroatoms. The van der Waals surface area contributed by atoms with Gasteiger partial charge in [-0.2, -0.15) is 18.3 Å². The lowest BCUT2D eigenvalue weighted by molar-refractivity contribution is -0.137. The summed E-state index contributed by atoms with van der Waals surface area (Å²) in [6.07, 6.45) is -3.01. The summed E-state index contributed by atoms with van der Waals surface area (Å²) in [5.74, 6) is -0.561. The van der Waals surface area contributed by atoms with Gasteiger partial charge in [0.25, 0.3) is 5.91 Å². The van der Waals surface area contributed by atoms with Gasteiger partial charge in [0.1, 0.15) is 0 Å². The molecule has 3 aromatic rings. The molecule has 0 unspecified atom stereocenters. The molecule has 0 radical (unpaired) electrons. The molecule has 0 atom stereocenters. The molecule has 5 nitrogen and oxygen atoms in total. The van der Waals surface area contributed by atoms with Crippen LogP contribution in [0.4, 0.5) is 18.9 Å². The van der Waals surface area contributed by atoms with Crippen molar-refractivity contribution in [1.82, 2.24) is 14.8 Å². The van der Waals surface area contributed by atoms with Gasteiger partial charge in [-0.1, -0.05) is 11.6 Å². The zero-order valence-corrected chi connectivity index (χ0v) is 15.5. The minimum absolute atomic E-state index is 0.00547. The number of nitrogens with one attached hydrogen (secondary N) is 1. The van der Waals surface area contributed by atoms with E-state index in [1.807, 2.05) is 13.8 Å². The molecule has 0 saturated heterocycles. The number of hydrogen-bond acceptors (Lipinski definition) is 3. The highest BCUT2D eigenvalue weighted by molar-refractivity contribution is 6.31. The van der Waals surface area contributed by atoms with E-state index in [-0.39, 0.29) is 17.3 Å². The SMILES string of the molecule is Cc1nc2c(cnn2C(C)C)cc1C(=O)Nc1ccc(Cl)c(C(F)(F)F)c1. The topological polar surface area (TPSA) is 59.8 Å². The summed E-state index contributed by atoms with van der Waals surface area (Å²) in [6, 6.07) is 4.94. The fourth-order valence-electron chi connectivity index (χ4n) is 2.69. The predicted octanol–water partition coefficient (Wildman–Crippen LogP) is 5.25. The third-order valence-corrected chi connectivity index (χ3v) is 4.35. The average molecular weight is 397 g/mol. The van der Waals surface area contributed by atoms with E-state index in [1.54, 1.807) is 23.9 Å². The largest absolute Gasteiger partial charge is 0.417 e. The molecular weight excluding hydrogens is 381 g/mol. The van der Waals surface area contributed by atoms with Crippen LogP contribution in [0, 0.1) is 6.92 Å². The van der Waals surface area contributed by atoms with E-state index in [2.05, 4.69) is 15.4 Å². The van der Waals surface area contributed by atoms with Crippen LogP contribution in [0.5, 0.6) is 0 Å². The Labute approximate surface area is 158 Å².